The Hall–Kier alpha value is -1.29. The second-order valence-electron chi connectivity index (χ2n) is 6.83. The molecule has 0 aromatic carbocycles. The first-order valence-electron chi connectivity index (χ1n) is 8.61. The average molecular weight is 340 g/mol. The van der Waals surface area contributed by atoms with Crippen molar-refractivity contribution in [3.05, 3.63) is 0 Å². The predicted molar refractivity (Wildman–Crippen MR) is 91.8 cm³/mol. The van der Waals surface area contributed by atoms with Crippen LogP contribution in [0, 0.1) is 23.2 Å². The number of nitrogens with zero attached hydrogens (tertiary/aromatic N) is 2. The van der Waals surface area contributed by atoms with E-state index < -0.39 is 9.84 Å². The molecule has 0 amide bonds. The van der Waals surface area contributed by atoms with Crippen LogP contribution < -0.4 is 10.6 Å². The molecule has 23 heavy (non-hydrogen) atoms. The Labute approximate surface area is 139 Å². The maximum absolute atomic E-state index is 11.6. The van der Waals surface area contributed by atoms with Crippen molar-refractivity contribution in [2.24, 2.45) is 16.8 Å². The van der Waals surface area contributed by atoms with E-state index in [0.717, 1.165) is 31.6 Å². The van der Waals surface area contributed by atoms with E-state index in [-0.39, 0.29) is 35.4 Å². The lowest BCUT2D eigenvalue weighted by Gasteiger charge is -2.22. The molecule has 1 saturated heterocycles. The van der Waals surface area contributed by atoms with Gasteiger partial charge in [-0.3, -0.25) is 4.99 Å². The van der Waals surface area contributed by atoms with E-state index in [1.807, 2.05) is 0 Å². The molecule has 0 bridgehead atoms. The van der Waals surface area contributed by atoms with E-state index >= 15 is 0 Å². The Bertz CT molecular complexity index is 567. The lowest BCUT2D eigenvalue weighted by atomic mass is 10.1. The largest absolute Gasteiger partial charge is 0.354 e. The fraction of sp³-hybridized carbons (Fsp3) is 0.875. The lowest BCUT2D eigenvalue weighted by molar-refractivity contribution is 0.516. The average Bonchev–Trinajstić information content (AvgIpc) is 3.10. The molecule has 0 radical (unpaired) electrons. The van der Waals surface area contributed by atoms with Gasteiger partial charge in [-0.05, 0) is 44.9 Å². The first-order chi connectivity index (χ1) is 10.9. The maximum Gasteiger partial charge on any atom is 0.191 e. The van der Waals surface area contributed by atoms with Gasteiger partial charge in [-0.2, -0.15) is 5.26 Å². The number of hydrogen-bond donors (Lipinski definition) is 2. The Morgan fingerprint density at radius 3 is 2.78 bits per heavy atom. The van der Waals surface area contributed by atoms with E-state index in [0.29, 0.717) is 13.0 Å². The molecule has 7 heteroatoms. The van der Waals surface area contributed by atoms with Crippen molar-refractivity contribution >= 4 is 15.8 Å². The molecule has 0 aromatic heterocycles. The third kappa shape index (κ3) is 5.38. The predicted octanol–water partition coefficient (Wildman–Crippen LogP) is 1.45. The number of rotatable bonds is 5. The topological polar surface area (TPSA) is 94.3 Å². The van der Waals surface area contributed by atoms with E-state index in [1.54, 1.807) is 0 Å². The van der Waals surface area contributed by atoms with Crippen LogP contribution >= 0.6 is 0 Å². The highest BCUT2D eigenvalue weighted by atomic mass is 32.2. The Morgan fingerprint density at radius 2 is 2.17 bits per heavy atom. The number of nitriles is 1. The van der Waals surface area contributed by atoms with Crippen molar-refractivity contribution in [3.8, 4) is 6.07 Å². The molecule has 0 aromatic rings. The lowest BCUT2D eigenvalue weighted by Crippen LogP contribution is -2.47. The summed E-state index contributed by atoms with van der Waals surface area (Å²) in [7, 11) is -2.86. The molecule has 2 N–H and O–H groups in total. The highest BCUT2D eigenvalue weighted by molar-refractivity contribution is 7.91. The zero-order valence-corrected chi connectivity index (χ0v) is 14.9. The van der Waals surface area contributed by atoms with E-state index in [1.165, 1.54) is 0 Å². The summed E-state index contributed by atoms with van der Waals surface area (Å²) in [5.41, 5.74) is 0. The Balaban J connectivity index is 1.98. The number of nitrogens with one attached hydrogen (secondary N) is 2. The summed E-state index contributed by atoms with van der Waals surface area (Å²) < 4.78 is 23.1. The van der Waals surface area contributed by atoms with Gasteiger partial charge in [0.2, 0.25) is 0 Å². The monoisotopic (exact) mass is 340 g/mol. The minimum absolute atomic E-state index is 0.0331. The van der Waals surface area contributed by atoms with Crippen LogP contribution in [0.4, 0.5) is 0 Å². The van der Waals surface area contributed by atoms with Crippen LogP contribution in [0.2, 0.25) is 0 Å². The normalized spacial score (nSPS) is 31.5. The van der Waals surface area contributed by atoms with E-state index in [2.05, 4.69) is 35.5 Å². The Kier molecular flexibility index (Phi) is 6.28. The number of sulfone groups is 1. The summed E-state index contributed by atoms with van der Waals surface area (Å²) >= 11 is 0. The van der Waals surface area contributed by atoms with Crippen LogP contribution in [0.3, 0.4) is 0 Å². The van der Waals surface area contributed by atoms with Crippen LogP contribution in [0.1, 0.15) is 46.0 Å². The van der Waals surface area contributed by atoms with Gasteiger partial charge >= 0.3 is 0 Å². The third-order valence-corrected chi connectivity index (χ3v) is 6.67. The quantitative estimate of drug-likeness (QED) is 0.583. The summed E-state index contributed by atoms with van der Waals surface area (Å²) in [6.45, 7) is 4.72. The number of guanidine groups is 1. The second-order valence-corrected chi connectivity index (χ2v) is 9.06. The smallest absolute Gasteiger partial charge is 0.191 e. The second kappa shape index (κ2) is 8.00. The minimum atomic E-state index is -2.86. The van der Waals surface area contributed by atoms with E-state index in [9.17, 15) is 13.7 Å². The molecule has 1 aliphatic heterocycles. The fourth-order valence-corrected chi connectivity index (χ4v) is 5.02. The molecule has 2 fully saturated rings. The molecule has 6 nitrogen and oxygen atoms in total. The van der Waals surface area contributed by atoms with Gasteiger partial charge in [-0.1, -0.05) is 6.92 Å². The molecule has 1 saturated carbocycles. The van der Waals surface area contributed by atoms with Crippen molar-refractivity contribution in [2.45, 2.75) is 58.0 Å². The molecule has 1 heterocycles. The molecule has 2 aliphatic rings. The van der Waals surface area contributed by atoms with Crippen LogP contribution in [0.25, 0.3) is 0 Å². The van der Waals surface area contributed by atoms with Gasteiger partial charge in [0.25, 0.3) is 0 Å². The highest BCUT2D eigenvalue weighted by Crippen LogP contribution is 2.25. The van der Waals surface area contributed by atoms with Gasteiger partial charge in [-0.25, -0.2) is 8.42 Å². The van der Waals surface area contributed by atoms with Crippen molar-refractivity contribution in [3.63, 3.8) is 0 Å². The maximum atomic E-state index is 11.6. The number of aliphatic imine (C=N–C) groups is 1. The van der Waals surface area contributed by atoms with Gasteiger partial charge in [0.15, 0.2) is 15.8 Å². The number of hydrogen-bond acceptors (Lipinski definition) is 4. The van der Waals surface area contributed by atoms with Gasteiger partial charge in [0, 0.05) is 18.6 Å². The summed E-state index contributed by atoms with van der Waals surface area (Å²) in [6.07, 6.45) is 4.66. The summed E-state index contributed by atoms with van der Waals surface area (Å²) in [5, 5.41) is 16.0. The highest BCUT2D eigenvalue weighted by Gasteiger charge is 2.29. The molecular formula is C16H28N4O2S. The fourth-order valence-electron chi connectivity index (χ4n) is 3.17. The first kappa shape index (κ1) is 18.1. The van der Waals surface area contributed by atoms with Crippen LogP contribution in [0.15, 0.2) is 4.99 Å². The molecule has 4 unspecified atom stereocenters. The van der Waals surface area contributed by atoms with Crippen molar-refractivity contribution in [1.82, 2.24) is 10.6 Å². The Morgan fingerprint density at radius 1 is 1.39 bits per heavy atom. The summed E-state index contributed by atoms with van der Waals surface area (Å²) in [6, 6.07) is 2.80. The van der Waals surface area contributed by atoms with E-state index in [4.69, 9.17) is 0 Å². The van der Waals surface area contributed by atoms with Crippen molar-refractivity contribution in [2.75, 3.05) is 18.1 Å². The van der Waals surface area contributed by atoms with Crippen molar-refractivity contribution < 1.29 is 8.42 Å². The zero-order chi connectivity index (χ0) is 16.9. The minimum Gasteiger partial charge on any atom is -0.354 e. The van der Waals surface area contributed by atoms with Gasteiger partial charge in [-0.15, -0.1) is 0 Å². The standard InChI is InChI=1S/C16H28N4O2S/c1-3-12(2)19-16(20-15-6-4-5-14(15)9-17)18-10-13-7-8-23(21,22)11-13/h12-15H,3-8,10-11H2,1-2H3,(H2,18,19,20). The van der Waals surface area contributed by atoms with Crippen LogP contribution in [0.5, 0.6) is 0 Å². The van der Waals surface area contributed by atoms with Crippen LogP contribution in [-0.2, 0) is 9.84 Å². The molecule has 130 valence electrons. The summed E-state index contributed by atoms with van der Waals surface area (Å²) in [4.78, 5) is 4.61. The van der Waals surface area contributed by atoms with Crippen molar-refractivity contribution in [1.29, 1.82) is 5.26 Å². The SMILES string of the molecule is CCC(C)NC(=NCC1CCS(=O)(=O)C1)NC1CCCC1C#N. The first-order valence-corrected chi connectivity index (χ1v) is 10.4. The molecular weight excluding hydrogens is 312 g/mol. The van der Waals surface area contributed by atoms with Crippen LogP contribution in [-0.4, -0.2) is 44.5 Å². The summed E-state index contributed by atoms with van der Waals surface area (Å²) in [5.74, 6) is 1.40. The molecule has 0 spiro atoms. The zero-order valence-electron chi connectivity index (χ0n) is 14.1. The third-order valence-electron chi connectivity index (χ3n) is 4.83. The van der Waals surface area contributed by atoms with Gasteiger partial charge < -0.3 is 10.6 Å². The van der Waals surface area contributed by atoms with Gasteiger partial charge in [0.05, 0.1) is 23.5 Å². The van der Waals surface area contributed by atoms with Gasteiger partial charge in [0.1, 0.15) is 0 Å². The molecule has 2 rings (SSSR count). The molecule has 1 aliphatic carbocycles. The molecule has 4 atom stereocenters.